The molecule has 0 fully saturated rings. The Balaban J connectivity index is 4.55. The topological polar surface area (TPSA) is 72.5 Å². The molecule has 0 aromatic carbocycles. The molecule has 100 valence electrons. The summed E-state index contributed by atoms with van der Waals surface area (Å²) in [5.41, 5.74) is 0. The first kappa shape index (κ1) is 16.0. The second kappa shape index (κ2) is 6.64. The van der Waals surface area contributed by atoms with Crippen LogP contribution in [0.5, 0.6) is 0 Å². The SMILES string of the molecule is COC(=O)C(CC[PH](C)=O)NC(=O)C(F)(F)F. The summed E-state index contributed by atoms with van der Waals surface area (Å²) >= 11 is 0. The smallest absolute Gasteiger partial charge is 0.467 e. The number of esters is 1. The molecule has 5 nitrogen and oxygen atoms in total. The Bertz CT molecular complexity index is 318. The van der Waals surface area contributed by atoms with Crippen molar-refractivity contribution in [2.45, 2.75) is 18.6 Å². The van der Waals surface area contributed by atoms with E-state index in [4.69, 9.17) is 0 Å². The zero-order valence-corrected chi connectivity index (χ0v) is 10.3. The summed E-state index contributed by atoms with van der Waals surface area (Å²) in [6.45, 7) is 1.41. The van der Waals surface area contributed by atoms with Crippen LogP contribution in [0.15, 0.2) is 0 Å². The first-order chi connectivity index (χ1) is 7.68. The van der Waals surface area contributed by atoms with Crippen molar-refractivity contribution in [2.75, 3.05) is 19.9 Å². The maximum Gasteiger partial charge on any atom is 0.471 e. The predicted octanol–water partition coefficient (Wildman–Crippen LogP) is 0.786. The lowest BCUT2D eigenvalue weighted by atomic mass is 10.2. The highest BCUT2D eigenvalue weighted by Gasteiger charge is 2.40. The summed E-state index contributed by atoms with van der Waals surface area (Å²) in [5.74, 6) is -3.21. The third-order valence-electron chi connectivity index (χ3n) is 1.83. The monoisotopic (exact) mass is 275 g/mol. The van der Waals surface area contributed by atoms with Crippen LogP contribution in [0.3, 0.4) is 0 Å². The van der Waals surface area contributed by atoms with E-state index in [1.807, 2.05) is 0 Å². The second-order valence-electron chi connectivity index (χ2n) is 3.29. The van der Waals surface area contributed by atoms with E-state index in [0.29, 0.717) is 0 Å². The fourth-order valence-electron chi connectivity index (χ4n) is 0.979. The van der Waals surface area contributed by atoms with Gasteiger partial charge in [-0.05, 0) is 13.1 Å². The lowest BCUT2D eigenvalue weighted by molar-refractivity contribution is -0.175. The van der Waals surface area contributed by atoms with Crippen molar-refractivity contribution in [1.82, 2.24) is 5.32 Å². The Hall–Kier alpha value is -1.04. The van der Waals surface area contributed by atoms with Gasteiger partial charge in [-0.1, -0.05) is 0 Å². The third kappa shape index (κ3) is 6.31. The van der Waals surface area contributed by atoms with Crippen molar-refractivity contribution in [3.63, 3.8) is 0 Å². The van der Waals surface area contributed by atoms with Crippen LogP contribution in [0, 0.1) is 0 Å². The van der Waals surface area contributed by atoms with Gasteiger partial charge in [0, 0.05) is 6.16 Å². The molecule has 1 N–H and O–H groups in total. The average molecular weight is 275 g/mol. The number of amides is 1. The Morgan fingerprint density at radius 3 is 2.29 bits per heavy atom. The molecule has 2 unspecified atom stereocenters. The summed E-state index contributed by atoms with van der Waals surface area (Å²) in [6.07, 6.45) is -5.16. The minimum Gasteiger partial charge on any atom is -0.467 e. The van der Waals surface area contributed by atoms with Crippen molar-refractivity contribution in [1.29, 1.82) is 0 Å². The molecule has 9 heteroatoms. The number of nitrogens with one attached hydrogen (secondary N) is 1. The molecule has 0 saturated heterocycles. The molecule has 0 spiro atoms. The Morgan fingerprint density at radius 1 is 1.41 bits per heavy atom. The maximum absolute atomic E-state index is 12.0. The van der Waals surface area contributed by atoms with Crippen molar-refractivity contribution >= 4 is 19.7 Å². The van der Waals surface area contributed by atoms with Crippen LogP contribution < -0.4 is 5.32 Å². The van der Waals surface area contributed by atoms with Gasteiger partial charge in [-0.2, -0.15) is 13.2 Å². The second-order valence-corrected chi connectivity index (χ2v) is 5.19. The van der Waals surface area contributed by atoms with E-state index in [2.05, 4.69) is 4.74 Å². The number of rotatable bonds is 5. The molecule has 17 heavy (non-hydrogen) atoms. The highest BCUT2D eigenvalue weighted by atomic mass is 31.1. The van der Waals surface area contributed by atoms with Crippen LogP contribution in [0.2, 0.25) is 0 Å². The average Bonchev–Trinajstić information content (AvgIpc) is 2.20. The van der Waals surface area contributed by atoms with E-state index in [1.165, 1.54) is 12.0 Å². The molecule has 0 bridgehead atoms. The molecule has 1 amide bonds. The molecule has 0 aromatic rings. The van der Waals surface area contributed by atoms with Crippen LogP contribution in [0.25, 0.3) is 0 Å². The Kier molecular flexibility index (Phi) is 6.23. The van der Waals surface area contributed by atoms with Gasteiger partial charge in [-0.25, -0.2) is 4.79 Å². The van der Waals surface area contributed by atoms with Gasteiger partial charge < -0.3 is 14.6 Å². The molecule has 0 radical (unpaired) electrons. The normalized spacial score (nSPS) is 14.9. The van der Waals surface area contributed by atoms with E-state index in [1.54, 1.807) is 0 Å². The summed E-state index contributed by atoms with van der Waals surface area (Å²) in [7, 11) is -0.941. The largest absolute Gasteiger partial charge is 0.471 e. The van der Waals surface area contributed by atoms with Gasteiger partial charge >= 0.3 is 18.1 Å². The standard InChI is InChI=1S/C8H13F3NO4P/c1-16-6(13)5(3-4-17(2)15)12-7(14)8(9,10)11/h5,17H,3-4H2,1-2H3,(H,12,14). The molecule has 0 saturated carbocycles. The van der Waals surface area contributed by atoms with Crippen molar-refractivity contribution < 1.29 is 32.1 Å². The van der Waals surface area contributed by atoms with Gasteiger partial charge in [-0.15, -0.1) is 0 Å². The zero-order valence-electron chi connectivity index (χ0n) is 9.26. The Morgan fingerprint density at radius 2 is 1.94 bits per heavy atom. The number of hydrogen-bond acceptors (Lipinski definition) is 4. The van der Waals surface area contributed by atoms with Gasteiger partial charge in [0.1, 0.15) is 6.04 Å². The molecular formula is C8H13F3NO4P. The summed E-state index contributed by atoms with van der Waals surface area (Å²) < 4.78 is 51.0. The van der Waals surface area contributed by atoms with Gasteiger partial charge in [0.2, 0.25) is 0 Å². The summed E-state index contributed by atoms with van der Waals surface area (Å²) in [6, 6.07) is -1.43. The molecule has 0 aliphatic heterocycles. The van der Waals surface area contributed by atoms with Crippen molar-refractivity contribution in [3.8, 4) is 0 Å². The lowest BCUT2D eigenvalue weighted by Gasteiger charge is -2.16. The van der Waals surface area contributed by atoms with Crippen LogP contribution in [-0.4, -0.2) is 44.0 Å². The number of methoxy groups -OCH3 is 1. The van der Waals surface area contributed by atoms with E-state index in [0.717, 1.165) is 7.11 Å². The highest BCUT2D eigenvalue weighted by molar-refractivity contribution is 7.43. The molecule has 0 rings (SSSR count). The van der Waals surface area contributed by atoms with Crippen molar-refractivity contribution in [2.24, 2.45) is 0 Å². The summed E-state index contributed by atoms with van der Waals surface area (Å²) in [4.78, 5) is 21.7. The van der Waals surface area contributed by atoms with E-state index in [9.17, 15) is 27.3 Å². The lowest BCUT2D eigenvalue weighted by Crippen LogP contribution is -2.47. The number of ether oxygens (including phenoxy) is 1. The fraction of sp³-hybridized carbons (Fsp3) is 0.750. The number of alkyl halides is 3. The number of carbonyl (C=O) groups excluding carboxylic acids is 2. The highest BCUT2D eigenvalue weighted by Crippen LogP contribution is 2.18. The van der Waals surface area contributed by atoms with E-state index in [-0.39, 0.29) is 12.6 Å². The molecule has 2 atom stereocenters. The minimum atomic E-state index is -5.07. The van der Waals surface area contributed by atoms with Crippen LogP contribution in [-0.2, 0) is 18.9 Å². The molecule has 0 aliphatic rings. The molecule has 0 aliphatic carbocycles. The molecular weight excluding hydrogens is 262 g/mol. The van der Waals surface area contributed by atoms with Gasteiger partial charge in [0.25, 0.3) is 0 Å². The van der Waals surface area contributed by atoms with E-state index >= 15 is 0 Å². The Labute approximate surface area is 96.5 Å². The van der Waals surface area contributed by atoms with Gasteiger partial charge in [0.05, 0.1) is 14.9 Å². The van der Waals surface area contributed by atoms with Crippen LogP contribution in [0.1, 0.15) is 6.42 Å². The minimum absolute atomic E-state index is 0.0581. The third-order valence-corrected chi connectivity index (χ3v) is 2.83. The predicted molar refractivity (Wildman–Crippen MR) is 54.4 cm³/mol. The van der Waals surface area contributed by atoms with E-state index < -0.39 is 31.9 Å². The van der Waals surface area contributed by atoms with Crippen LogP contribution >= 0.6 is 7.80 Å². The zero-order chi connectivity index (χ0) is 13.6. The summed E-state index contributed by atoms with van der Waals surface area (Å²) in [5, 5.41) is 1.50. The number of carbonyl (C=O) groups is 2. The van der Waals surface area contributed by atoms with Gasteiger partial charge in [-0.3, -0.25) is 4.79 Å². The molecule has 0 aromatic heterocycles. The maximum atomic E-state index is 12.0. The number of halogens is 3. The first-order valence-electron chi connectivity index (χ1n) is 4.63. The first-order valence-corrected chi connectivity index (χ1v) is 6.75. The number of hydrogen-bond donors (Lipinski definition) is 1. The van der Waals surface area contributed by atoms with Gasteiger partial charge in [0.15, 0.2) is 0 Å². The quantitative estimate of drug-likeness (QED) is 0.594. The van der Waals surface area contributed by atoms with Crippen molar-refractivity contribution in [3.05, 3.63) is 0 Å². The molecule has 0 heterocycles. The fourth-order valence-corrected chi connectivity index (χ4v) is 1.67. The van der Waals surface area contributed by atoms with Crippen LogP contribution in [0.4, 0.5) is 13.2 Å².